The molecule has 3 N–H and O–H groups in total. The second-order valence-electron chi connectivity index (χ2n) is 6.69. The Bertz CT molecular complexity index is 867. The molecule has 144 valence electrons. The van der Waals surface area contributed by atoms with E-state index in [1.807, 2.05) is 13.8 Å². The average Bonchev–Trinajstić information content (AvgIpc) is 3.06. The summed E-state index contributed by atoms with van der Waals surface area (Å²) in [6, 6.07) is 6.17. The van der Waals surface area contributed by atoms with E-state index in [0.29, 0.717) is 35.7 Å². The molecule has 1 aromatic carbocycles. The summed E-state index contributed by atoms with van der Waals surface area (Å²) in [5.41, 5.74) is 1.72. The normalized spacial score (nSPS) is 10.7. The van der Waals surface area contributed by atoms with Crippen molar-refractivity contribution in [2.45, 2.75) is 34.1 Å². The standard InChI is InChI=1S/C20H24N2O5/c1-5-16-14(20(25)26)9-17(27-16)19(24)22-15-7-6-13(8-12(15)4)18(23)21-10-11(2)3/h6-9,11H,5,10H2,1-4H3,(H,21,23)(H,22,24)(H,25,26). The molecule has 1 heterocycles. The van der Waals surface area contributed by atoms with Crippen LogP contribution in [-0.4, -0.2) is 29.4 Å². The van der Waals surface area contributed by atoms with E-state index in [2.05, 4.69) is 10.6 Å². The Hall–Kier alpha value is -3.09. The summed E-state index contributed by atoms with van der Waals surface area (Å²) < 4.78 is 5.36. The number of carbonyl (C=O) groups excluding carboxylic acids is 2. The lowest BCUT2D eigenvalue weighted by Crippen LogP contribution is -2.27. The fourth-order valence-corrected chi connectivity index (χ4v) is 2.51. The van der Waals surface area contributed by atoms with Gasteiger partial charge in [0.05, 0.1) is 0 Å². The molecule has 2 amide bonds. The quantitative estimate of drug-likeness (QED) is 0.689. The van der Waals surface area contributed by atoms with Gasteiger partial charge in [-0.25, -0.2) is 4.79 Å². The number of aryl methyl sites for hydroxylation is 2. The van der Waals surface area contributed by atoms with Gasteiger partial charge in [0.15, 0.2) is 5.76 Å². The molecule has 0 fully saturated rings. The molecule has 0 aliphatic carbocycles. The van der Waals surface area contributed by atoms with Crippen molar-refractivity contribution in [1.29, 1.82) is 0 Å². The lowest BCUT2D eigenvalue weighted by atomic mass is 10.1. The van der Waals surface area contributed by atoms with Gasteiger partial charge in [0.25, 0.3) is 11.8 Å². The van der Waals surface area contributed by atoms with Crippen LogP contribution in [0.1, 0.15) is 63.4 Å². The first-order valence-corrected chi connectivity index (χ1v) is 8.79. The first-order valence-electron chi connectivity index (χ1n) is 8.79. The number of nitrogens with one attached hydrogen (secondary N) is 2. The van der Waals surface area contributed by atoms with E-state index in [-0.39, 0.29) is 23.0 Å². The molecule has 0 saturated carbocycles. The van der Waals surface area contributed by atoms with Crippen LogP contribution >= 0.6 is 0 Å². The van der Waals surface area contributed by atoms with Crippen LogP contribution in [0.2, 0.25) is 0 Å². The summed E-state index contributed by atoms with van der Waals surface area (Å²) in [6.45, 7) is 8.13. The maximum atomic E-state index is 12.4. The Morgan fingerprint density at radius 2 is 1.85 bits per heavy atom. The van der Waals surface area contributed by atoms with Gasteiger partial charge in [-0.05, 0) is 36.6 Å². The summed E-state index contributed by atoms with van der Waals surface area (Å²) in [5, 5.41) is 14.7. The van der Waals surface area contributed by atoms with Crippen molar-refractivity contribution in [3.8, 4) is 0 Å². The van der Waals surface area contributed by atoms with E-state index in [4.69, 9.17) is 9.52 Å². The lowest BCUT2D eigenvalue weighted by Gasteiger charge is -2.11. The molecule has 0 atom stereocenters. The zero-order valence-electron chi connectivity index (χ0n) is 15.9. The van der Waals surface area contributed by atoms with E-state index in [0.717, 1.165) is 0 Å². The van der Waals surface area contributed by atoms with Crippen LogP contribution in [0, 0.1) is 12.8 Å². The average molecular weight is 372 g/mol. The second-order valence-corrected chi connectivity index (χ2v) is 6.69. The fourth-order valence-electron chi connectivity index (χ4n) is 2.51. The van der Waals surface area contributed by atoms with E-state index in [1.54, 1.807) is 32.0 Å². The zero-order valence-corrected chi connectivity index (χ0v) is 15.9. The summed E-state index contributed by atoms with van der Waals surface area (Å²) in [5.74, 6) is -1.32. The predicted octanol–water partition coefficient (Wildman–Crippen LogP) is 3.49. The maximum Gasteiger partial charge on any atom is 0.339 e. The Balaban J connectivity index is 2.14. The van der Waals surface area contributed by atoms with Gasteiger partial charge in [-0.1, -0.05) is 20.8 Å². The predicted molar refractivity (Wildman–Crippen MR) is 101 cm³/mol. The van der Waals surface area contributed by atoms with Crippen LogP contribution in [-0.2, 0) is 6.42 Å². The molecule has 0 radical (unpaired) electrons. The molecular weight excluding hydrogens is 348 g/mol. The van der Waals surface area contributed by atoms with Crippen LogP contribution in [0.25, 0.3) is 0 Å². The van der Waals surface area contributed by atoms with Gasteiger partial charge in [0.1, 0.15) is 11.3 Å². The molecule has 0 aliphatic heterocycles. The number of furan rings is 1. The van der Waals surface area contributed by atoms with Crippen molar-refractivity contribution in [1.82, 2.24) is 5.32 Å². The molecule has 2 aromatic rings. The van der Waals surface area contributed by atoms with E-state index in [9.17, 15) is 14.4 Å². The second kappa shape index (κ2) is 8.53. The number of hydrogen-bond donors (Lipinski definition) is 3. The van der Waals surface area contributed by atoms with Crippen molar-refractivity contribution < 1.29 is 23.9 Å². The highest BCUT2D eigenvalue weighted by molar-refractivity contribution is 6.04. The summed E-state index contributed by atoms with van der Waals surface area (Å²) in [4.78, 5) is 35.7. The van der Waals surface area contributed by atoms with Crippen molar-refractivity contribution >= 4 is 23.5 Å². The third-order valence-electron chi connectivity index (χ3n) is 3.99. The number of carbonyl (C=O) groups is 3. The van der Waals surface area contributed by atoms with Crippen LogP contribution in [0.15, 0.2) is 28.7 Å². The molecule has 1 aromatic heterocycles. The zero-order chi connectivity index (χ0) is 20.1. The number of anilines is 1. The fraction of sp³-hybridized carbons (Fsp3) is 0.350. The molecule has 0 saturated heterocycles. The monoisotopic (exact) mass is 372 g/mol. The number of carboxylic acids is 1. The summed E-state index contributed by atoms with van der Waals surface area (Å²) >= 11 is 0. The highest BCUT2D eigenvalue weighted by atomic mass is 16.4. The van der Waals surface area contributed by atoms with Crippen molar-refractivity contribution in [2.75, 3.05) is 11.9 Å². The lowest BCUT2D eigenvalue weighted by molar-refractivity contribution is 0.0694. The topological polar surface area (TPSA) is 109 Å². The van der Waals surface area contributed by atoms with Gasteiger partial charge < -0.3 is 20.2 Å². The van der Waals surface area contributed by atoms with Crippen molar-refractivity contribution in [2.24, 2.45) is 5.92 Å². The minimum absolute atomic E-state index is 0.0171. The molecule has 27 heavy (non-hydrogen) atoms. The van der Waals surface area contributed by atoms with Gasteiger partial charge >= 0.3 is 5.97 Å². The van der Waals surface area contributed by atoms with Gasteiger partial charge in [-0.2, -0.15) is 0 Å². The van der Waals surface area contributed by atoms with Crippen LogP contribution in [0.4, 0.5) is 5.69 Å². The summed E-state index contributed by atoms with van der Waals surface area (Å²) in [7, 11) is 0. The molecule has 0 aliphatic rings. The largest absolute Gasteiger partial charge is 0.478 e. The minimum atomic E-state index is -1.14. The van der Waals surface area contributed by atoms with Gasteiger partial charge in [0.2, 0.25) is 0 Å². The number of aromatic carboxylic acids is 1. The van der Waals surface area contributed by atoms with E-state index < -0.39 is 11.9 Å². The highest BCUT2D eigenvalue weighted by Crippen LogP contribution is 2.21. The molecule has 0 unspecified atom stereocenters. The minimum Gasteiger partial charge on any atom is -0.478 e. The van der Waals surface area contributed by atoms with Gasteiger partial charge in [-0.3, -0.25) is 9.59 Å². The Morgan fingerprint density at radius 1 is 1.15 bits per heavy atom. The number of hydrogen-bond acceptors (Lipinski definition) is 4. The molecule has 7 nitrogen and oxygen atoms in total. The van der Waals surface area contributed by atoms with Crippen molar-refractivity contribution in [3.05, 3.63) is 52.5 Å². The first-order chi connectivity index (χ1) is 12.7. The summed E-state index contributed by atoms with van der Waals surface area (Å²) in [6.07, 6.45) is 0.369. The first kappa shape index (κ1) is 20.2. The SMILES string of the molecule is CCc1oc(C(=O)Nc2ccc(C(=O)NCC(C)C)cc2C)cc1C(=O)O. The Kier molecular flexibility index (Phi) is 6.39. The Labute approximate surface area is 157 Å². The smallest absolute Gasteiger partial charge is 0.339 e. The molecule has 2 rings (SSSR count). The molecule has 0 bridgehead atoms. The molecule has 7 heteroatoms. The number of benzene rings is 1. The van der Waals surface area contributed by atoms with Crippen LogP contribution in [0.3, 0.4) is 0 Å². The maximum absolute atomic E-state index is 12.4. The number of carboxylic acid groups (broad SMARTS) is 1. The van der Waals surface area contributed by atoms with Crippen molar-refractivity contribution in [3.63, 3.8) is 0 Å². The van der Waals surface area contributed by atoms with Crippen LogP contribution < -0.4 is 10.6 Å². The highest BCUT2D eigenvalue weighted by Gasteiger charge is 2.20. The van der Waals surface area contributed by atoms with E-state index in [1.165, 1.54) is 6.07 Å². The number of amides is 2. The third-order valence-corrected chi connectivity index (χ3v) is 3.99. The molecule has 0 spiro atoms. The Morgan fingerprint density at radius 3 is 2.37 bits per heavy atom. The number of rotatable bonds is 7. The van der Waals surface area contributed by atoms with Gasteiger partial charge in [0, 0.05) is 30.3 Å². The van der Waals surface area contributed by atoms with Gasteiger partial charge in [-0.15, -0.1) is 0 Å². The van der Waals surface area contributed by atoms with Crippen LogP contribution in [0.5, 0.6) is 0 Å². The third kappa shape index (κ3) is 4.97. The van der Waals surface area contributed by atoms with E-state index >= 15 is 0 Å². The molecular formula is C20H24N2O5.